The Morgan fingerprint density at radius 2 is 2.00 bits per heavy atom. The summed E-state index contributed by atoms with van der Waals surface area (Å²) in [6, 6.07) is 13.6. The van der Waals surface area contributed by atoms with E-state index in [1.165, 1.54) is 5.56 Å². The van der Waals surface area contributed by atoms with Gasteiger partial charge in [0.1, 0.15) is 0 Å². The van der Waals surface area contributed by atoms with E-state index in [0.29, 0.717) is 23.0 Å². The number of anilines is 1. The number of aromatic nitrogens is 1. The van der Waals surface area contributed by atoms with Gasteiger partial charge in [-0.05, 0) is 48.1 Å². The molecule has 0 radical (unpaired) electrons. The van der Waals surface area contributed by atoms with Gasteiger partial charge in [0.25, 0.3) is 0 Å². The van der Waals surface area contributed by atoms with Crippen molar-refractivity contribution in [1.82, 2.24) is 4.98 Å². The molecule has 0 bridgehead atoms. The van der Waals surface area contributed by atoms with Crippen molar-refractivity contribution < 1.29 is 15.0 Å². The number of aromatic amines is 1. The van der Waals surface area contributed by atoms with Gasteiger partial charge < -0.3 is 15.1 Å². The molecular weight excluding hydrogens is 400 g/mol. The Morgan fingerprint density at radius 3 is 2.63 bits per heavy atom. The van der Waals surface area contributed by atoms with Crippen LogP contribution in [0.25, 0.3) is 10.4 Å². The number of carboxylic acid groups (broad SMARTS) is 1. The summed E-state index contributed by atoms with van der Waals surface area (Å²) in [5, 5.41) is 19.3. The minimum atomic E-state index is -0.912. The summed E-state index contributed by atoms with van der Waals surface area (Å²) in [6.07, 6.45) is 4.14. The number of aromatic hydroxyl groups is 1. The normalized spacial score (nSPS) is 15.8. The van der Waals surface area contributed by atoms with E-state index < -0.39 is 5.97 Å². The average molecular weight is 425 g/mol. The Hall–Kier alpha value is -3.06. The monoisotopic (exact) mass is 424 g/mol. The SMILES string of the molecule is CCCC1CCc2ccc(C(=O)O)cc2N1Cc1ccc(-c2sc(=O)[nH]c2O)cc1. The van der Waals surface area contributed by atoms with Crippen molar-refractivity contribution in [3.8, 4) is 16.3 Å². The number of H-pyrrole nitrogens is 1. The molecule has 1 aliphatic heterocycles. The van der Waals surface area contributed by atoms with Gasteiger partial charge in [0.2, 0.25) is 5.88 Å². The molecule has 0 saturated carbocycles. The number of nitrogens with one attached hydrogen (secondary N) is 1. The molecule has 0 spiro atoms. The molecule has 1 aliphatic rings. The largest absolute Gasteiger partial charge is 0.493 e. The molecule has 0 fully saturated rings. The van der Waals surface area contributed by atoms with Crippen LogP contribution < -0.4 is 9.77 Å². The third-order valence-electron chi connectivity index (χ3n) is 5.65. The van der Waals surface area contributed by atoms with Crippen molar-refractivity contribution in [3.05, 3.63) is 68.8 Å². The first-order valence-electron chi connectivity index (χ1n) is 10.1. The quantitative estimate of drug-likeness (QED) is 0.536. The van der Waals surface area contributed by atoms with Gasteiger partial charge in [0.15, 0.2) is 0 Å². The third kappa shape index (κ3) is 3.98. The Labute approximate surface area is 178 Å². The smallest absolute Gasteiger partial charge is 0.335 e. The van der Waals surface area contributed by atoms with Crippen LogP contribution in [-0.2, 0) is 13.0 Å². The van der Waals surface area contributed by atoms with Crippen LogP contribution in [0, 0.1) is 0 Å². The van der Waals surface area contributed by atoms with Crippen molar-refractivity contribution in [1.29, 1.82) is 0 Å². The van der Waals surface area contributed by atoms with Crippen molar-refractivity contribution >= 4 is 23.0 Å². The Kier molecular flexibility index (Phi) is 5.63. The highest BCUT2D eigenvalue weighted by Crippen LogP contribution is 2.35. The van der Waals surface area contributed by atoms with Crippen LogP contribution in [0.15, 0.2) is 47.3 Å². The molecule has 30 heavy (non-hydrogen) atoms. The lowest BCUT2D eigenvalue weighted by Gasteiger charge is -2.39. The highest BCUT2D eigenvalue weighted by molar-refractivity contribution is 7.13. The van der Waals surface area contributed by atoms with E-state index in [1.54, 1.807) is 12.1 Å². The number of hydrogen-bond acceptors (Lipinski definition) is 5. The van der Waals surface area contributed by atoms with Crippen molar-refractivity contribution in [2.24, 2.45) is 0 Å². The number of fused-ring (bicyclic) bond motifs is 1. The number of carbonyl (C=O) groups is 1. The molecule has 3 aromatic rings. The first kappa shape index (κ1) is 20.2. The molecule has 4 rings (SSSR count). The van der Waals surface area contributed by atoms with Crippen LogP contribution in [-0.4, -0.2) is 27.2 Å². The van der Waals surface area contributed by atoms with Crippen LogP contribution in [0.3, 0.4) is 0 Å². The summed E-state index contributed by atoms with van der Waals surface area (Å²) in [7, 11) is 0. The van der Waals surface area contributed by atoms with Crippen LogP contribution in [0.2, 0.25) is 0 Å². The number of thiazole rings is 1. The number of benzene rings is 2. The molecule has 2 heterocycles. The van der Waals surface area contributed by atoms with E-state index in [4.69, 9.17) is 0 Å². The van der Waals surface area contributed by atoms with E-state index in [2.05, 4.69) is 16.8 Å². The van der Waals surface area contributed by atoms with Crippen LogP contribution in [0.4, 0.5) is 5.69 Å². The number of aromatic carboxylic acids is 1. The summed E-state index contributed by atoms with van der Waals surface area (Å²) >= 11 is 0.984. The van der Waals surface area contributed by atoms with Crippen molar-refractivity contribution in [2.75, 3.05) is 4.90 Å². The number of nitrogens with zero attached hydrogens (tertiary/aromatic N) is 1. The number of carboxylic acids is 1. The van der Waals surface area contributed by atoms with Gasteiger partial charge in [-0.2, -0.15) is 0 Å². The van der Waals surface area contributed by atoms with Gasteiger partial charge >= 0.3 is 10.8 Å². The van der Waals surface area contributed by atoms with E-state index in [-0.39, 0.29) is 10.8 Å². The predicted octanol–water partition coefficient (Wildman–Crippen LogP) is 4.63. The number of rotatable bonds is 6. The van der Waals surface area contributed by atoms with Crippen LogP contribution in [0.5, 0.6) is 5.88 Å². The minimum absolute atomic E-state index is 0.105. The minimum Gasteiger partial charge on any atom is -0.493 e. The summed E-state index contributed by atoms with van der Waals surface area (Å²) in [6.45, 7) is 2.85. The zero-order valence-corrected chi connectivity index (χ0v) is 17.5. The molecular formula is C23H24N2O4S. The second kappa shape index (κ2) is 8.36. The first-order chi connectivity index (χ1) is 14.5. The molecule has 1 aromatic heterocycles. The predicted molar refractivity (Wildman–Crippen MR) is 119 cm³/mol. The number of hydrogen-bond donors (Lipinski definition) is 3. The fraction of sp³-hybridized carbons (Fsp3) is 0.304. The van der Waals surface area contributed by atoms with Gasteiger partial charge in [-0.25, -0.2) is 4.79 Å². The highest BCUT2D eigenvalue weighted by Gasteiger charge is 2.26. The molecule has 3 N–H and O–H groups in total. The molecule has 0 amide bonds. The Morgan fingerprint density at radius 1 is 1.23 bits per heavy atom. The Balaban J connectivity index is 1.64. The van der Waals surface area contributed by atoms with Gasteiger partial charge in [-0.3, -0.25) is 9.78 Å². The summed E-state index contributed by atoms with van der Waals surface area (Å²) in [4.78, 5) is 27.9. The van der Waals surface area contributed by atoms with E-state index in [0.717, 1.165) is 53.8 Å². The molecule has 1 unspecified atom stereocenters. The Bertz CT molecular complexity index is 1120. The highest BCUT2D eigenvalue weighted by atomic mass is 32.1. The second-order valence-electron chi connectivity index (χ2n) is 7.65. The van der Waals surface area contributed by atoms with E-state index in [9.17, 15) is 19.8 Å². The standard InChI is InChI=1S/C23H24N2O4S/c1-2-3-18-11-10-15-8-9-17(22(27)28)12-19(15)25(18)13-14-4-6-16(7-5-14)20-21(26)24-23(29)30-20/h4-9,12,18,26H,2-3,10-11,13H2,1H3,(H,24,29)(H,27,28). The van der Waals surface area contributed by atoms with Gasteiger partial charge in [-0.1, -0.05) is 55.0 Å². The van der Waals surface area contributed by atoms with E-state index in [1.807, 2.05) is 30.3 Å². The first-order valence-corrected chi connectivity index (χ1v) is 10.9. The molecule has 6 nitrogen and oxygen atoms in total. The van der Waals surface area contributed by atoms with Gasteiger partial charge in [0, 0.05) is 18.3 Å². The van der Waals surface area contributed by atoms with Crippen LogP contribution >= 0.6 is 11.3 Å². The summed E-state index contributed by atoms with van der Waals surface area (Å²) < 4.78 is 0. The summed E-state index contributed by atoms with van der Waals surface area (Å²) in [5.74, 6) is -1.02. The third-order valence-corrected chi connectivity index (χ3v) is 6.57. The zero-order valence-electron chi connectivity index (χ0n) is 16.7. The van der Waals surface area contributed by atoms with Crippen LogP contribution in [0.1, 0.15) is 47.7 Å². The molecule has 7 heteroatoms. The molecule has 0 aliphatic carbocycles. The maximum absolute atomic E-state index is 11.5. The fourth-order valence-electron chi connectivity index (χ4n) is 4.17. The molecule has 2 aromatic carbocycles. The topological polar surface area (TPSA) is 93.6 Å². The second-order valence-corrected chi connectivity index (χ2v) is 8.63. The van der Waals surface area contributed by atoms with E-state index >= 15 is 0 Å². The summed E-state index contributed by atoms with van der Waals surface area (Å²) in [5.41, 5.74) is 4.38. The van der Waals surface area contributed by atoms with Gasteiger partial charge in [0.05, 0.1) is 10.4 Å². The maximum Gasteiger partial charge on any atom is 0.335 e. The zero-order chi connectivity index (χ0) is 21.3. The molecule has 1 atom stereocenters. The fourth-order valence-corrected chi connectivity index (χ4v) is 4.91. The number of aryl methyl sites for hydroxylation is 1. The molecule has 156 valence electrons. The van der Waals surface area contributed by atoms with Gasteiger partial charge in [-0.15, -0.1) is 0 Å². The average Bonchev–Trinajstić information content (AvgIpc) is 3.08. The molecule has 0 saturated heterocycles. The van der Waals surface area contributed by atoms with Crippen molar-refractivity contribution in [3.63, 3.8) is 0 Å². The maximum atomic E-state index is 11.5. The lowest BCUT2D eigenvalue weighted by molar-refractivity contribution is 0.0697. The lowest BCUT2D eigenvalue weighted by atomic mass is 9.91. The lowest BCUT2D eigenvalue weighted by Crippen LogP contribution is -2.39. The van der Waals surface area contributed by atoms with Crippen molar-refractivity contribution in [2.45, 2.75) is 45.2 Å².